The third-order valence-corrected chi connectivity index (χ3v) is 2.50. The van der Waals surface area contributed by atoms with Gasteiger partial charge in [-0.25, -0.2) is 9.78 Å². The Balaban J connectivity index is 2.18. The molecule has 6 nitrogen and oxygen atoms in total. The highest BCUT2D eigenvalue weighted by molar-refractivity contribution is 7.07. The van der Waals surface area contributed by atoms with Crippen molar-refractivity contribution in [2.45, 2.75) is 19.4 Å². The lowest BCUT2D eigenvalue weighted by molar-refractivity contribution is -0.138. The van der Waals surface area contributed by atoms with Crippen molar-refractivity contribution in [3.8, 4) is 0 Å². The highest BCUT2D eigenvalue weighted by Crippen LogP contribution is 2.00. The summed E-state index contributed by atoms with van der Waals surface area (Å²) in [6, 6.07) is -1.37. The smallest absolute Gasteiger partial charge is 0.325 e. The van der Waals surface area contributed by atoms with E-state index in [1.165, 1.54) is 18.3 Å². The number of hydrogen-bond acceptors (Lipinski definition) is 4. The van der Waals surface area contributed by atoms with Gasteiger partial charge in [-0.05, 0) is 6.92 Å². The minimum Gasteiger partial charge on any atom is -0.480 e. The summed E-state index contributed by atoms with van der Waals surface area (Å²) in [6.45, 7) is 1.84. The van der Waals surface area contributed by atoms with E-state index >= 15 is 0 Å². The number of amides is 2. The lowest BCUT2D eigenvalue weighted by atomic mass is 10.3. The molecule has 1 rings (SSSR count). The van der Waals surface area contributed by atoms with Crippen LogP contribution in [0.4, 0.5) is 4.79 Å². The fourth-order valence-electron chi connectivity index (χ4n) is 0.975. The molecule has 1 aromatic heterocycles. The molecule has 0 radical (unpaired) electrons. The number of carbonyl (C=O) groups excluding carboxylic acids is 1. The lowest BCUT2D eigenvalue weighted by Gasteiger charge is -2.09. The molecule has 3 N–H and O–H groups in total. The summed E-state index contributed by atoms with van der Waals surface area (Å²) < 4.78 is 0. The van der Waals surface area contributed by atoms with Crippen molar-refractivity contribution in [3.05, 3.63) is 16.6 Å². The second kappa shape index (κ2) is 6.06. The largest absolute Gasteiger partial charge is 0.480 e. The number of nitrogens with one attached hydrogen (secondary N) is 2. The predicted molar refractivity (Wildman–Crippen MR) is 59.5 cm³/mol. The molecule has 0 aliphatic carbocycles. The van der Waals surface area contributed by atoms with E-state index in [-0.39, 0.29) is 0 Å². The monoisotopic (exact) mass is 243 g/mol. The van der Waals surface area contributed by atoms with E-state index in [1.54, 1.807) is 5.51 Å². The Morgan fingerprint density at radius 3 is 2.94 bits per heavy atom. The zero-order chi connectivity index (χ0) is 12.0. The molecule has 16 heavy (non-hydrogen) atoms. The van der Waals surface area contributed by atoms with Gasteiger partial charge < -0.3 is 15.7 Å². The zero-order valence-corrected chi connectivity index (χ0v) is 9.58. The molecular weight excluding hydrogens is 230 g/mol. The van der Waals surface area contributed by atoms with Crippen LogP contribution >= 0.6 is 11.3 Å². The van der Waals surface area contributed by atoms with Crippen LogP contribution in [0.1, 0.15) is 12.6 Å². The number of hydrogen-bond donors (Lipinski definition) is 3. The lowest BCUT2D eigenvalue weighted by Crippen LogP contribution is -2.44. The third kappa shape index (κ3) is 4.26. The summed E-state index contributed by atoms with van der Waals surface area (Å²) >= 11 is 1.50. The molecule has 0 aliphatic heterocycles. The first-order chi connectivity index (χ1) is 7.59. The second-order valence-corrected chi connectivity index (χ2v) is 3.91. The Labute approximate surface area is 96.7 Å². The number of aromatic nitrogens is 1. The average molecular weight is 243 g/mol. The number of thiazole rings is 1. The quantitative estimate of drug-likeness (QED) is 0.700. The SMILES string of the molecule is CC(NC(=O)NCCc1cscn1)C(=O)O. The van der Waals surface area contributed by atoms with Crippen molar-refractivity contribution in [2.24, 2.45) is 0 Å². The molecule has 0 bridgehead atoms. The molecule has 2 amide bonds. The van der Waals surface area contributed by atoms with Gasteiger partial charge in [-0.2, -0.15) is 0 Å². The van der Waals surface area contributed by atoms with E-state index in [2.05, 4.69) is 15.6 Å². The molecule has 0 aliphatic rings. The van der Waals surface area contributed by atoms with E-state index in [1.807, 2.05) is 5.38 Å². The summed E-state index contributed by atoms with van der Waals surface area (Å²) in [4.78, 5) is 25.7. The van der Waals surface area contributed by atoms with Crippen molar-refractivity contribution in [1.29, 1.82) is 0 Å². The second-order valence-electron chi connectivity index (χ2n) is 3.19. The first-order valence-corrected chi connectivity index (χ1v) is 5.68. The molecule has 0 aromatic carbocycles. The van der Waals surface area contributed by atoms with Crippen molar-refractivity contribution in [2.75, 3.05) is 6.54 Å². The molecule has 0 saturated heterocycles. The van der Waals surface area contributed by atoms with Gasteiger partial charge in [-0.1, -0.05) is 0 Å². The van der Waals surface area contributed by atoms with Crippen LogP contribution in [0, 0.1) is 0 Å². The van der Waals surface area contributed by atoms with Crippen LogP contribution in [-0.2, 0) is 11.2 Å². The van der Waals surface area contributed by atoms with Crippen LogP contribution in [0.3, 0.4) is 0 Å². The summed E-state index contributed by atoms with van der Waals surface area (Å²) in [5.74, 6) is -1.06. The maximum atomic E-state index is 11.2. The molecule has 0 spiro atoms. The molecule has 1 aromatic rings. The van der Waals surface area contributed by atoms with Gasteiger partial charge in [0.05, 0.1) is 11.2 Å². The standard InChI is InChI=1S/C9H13N3O3S/c1-6(8(13)14)12-9(15)10-3-2-7-4-16-5-11-7/h4-6H,2-3H2,1H3,(H,13,14)(H2,10,12,15). The average Bonchev–Trinajstić information content (AvgIpc) is 2.70. The maximum Gasteiger partial charge on any atom is 0.325 e. The van der Waals surface area contributed by atoms with Crippen LogP contribution in [0.2, 0.25) is 0 Å². The minimum atomic E-state index is -1.06. The number of carbonyl (C=O) groups is 2. The van der Waals surface area contributed by atoms with E-state index in [9.17, 15) is 9.59 Å². The van der Waals surface area contributed by atoms with Gasteiger partial charge in [0, 0.05) is 18.3 Å². The van der Waals surface area contributed by atoms with Gasteiger partial charge in [0.1, 0.15) is 6.04 Å². The van der Waals surface area contributed by atoms with Crippen LogP contribution in [0.5, 0.6) is 0 Å². The van der Waals surface area contributed by atoms with Crippen molar-refractivity contribution in [3.63, 3.8) is 0 Å². The molecule has 1 atom stereocenters. The Morgan fingerprint density at radius 2 is 2.38 bits per heavy atom. The molecule has 0 saturated carbocycles. The maximum absolute atomic E-state index is 11.2. The Hall–Kier alpha value is -1.63. The van der Waals surface area contributed by atoms with Gasteiger partial charge >= 0.3 is 12.0 Å². The summed E-state index contributed by atoms with van der Waals surface area (Å²) in [7, 11) is 0. The highest BCUT2D eigenvalue weighted by atomic mass is 32.1. The van der Waals surface area contributed by atoms with Crippen molar-refractivity contribution in [1.82, 2.24) is 15.6 Å². The molecule has 1 unspecified atom stereocenters. The van der Waals surface area contributed by atoms with Gasteiger partial charge in [-0.3, -0.25) is 4.79 Å². The van der Waals surface area contributed by atoms with E-state index in [0.717, 1.165) is 5.69 Å². The van der Waals surface area contributed by atoms with Gasteiger partial charge in [0.2, 0.25) is 0 Å². The number of nitrogens with zero attached hydrogens (tertiary/aromatic N) is 1. The summed E-state index contributed by atoms with van der Waals surface area (Å²) in [6.07, 6.45) is 0.637. The fourth-order valence-corrected chi connectivity index (χ4v) is 1.57. The number of carboxylic acids is 1. The minimum absolute atomic E-state index is 0.432. The van der Waals surface area contributed by atoms with Gasteiger partial charge in [0.15, 0.2) is 0 Å². The summed E-state index contributed by atoms with van der Waals surface area (Å²) in [5, 5.41) is 15.3. The molecule has 0 fully saturated rings. The Bertz CT molecular complexity index is 353. The number of aliphatic carboxylic acids is 1. The van der Waals surface area contributed by atoms with Crippen LogP contribution in [0.15, 0.2) is 10.9 Å². The topological polar surface area (TPSA) is 91.3 Å². The number of carboxylic acid groups (broad SMARTS) is 1. The zero-order valence-electron chi connectivity index (χ0n) is 8.77. The first-order valence-electron chi connectivity index (χ1n) is 4.74. The van der Waals surface area contributed by atoms with Crippen molar-refractivity contribution >= 4 is 23.3 Å². The van der Waals surface area contributed by atoms with Crippen LogP contribution in [0.25, 0.3) is 0 Å². The van der Waals surface area contributed by atoms with Crippen molar-refractivity contribution < 1.29 is 14.7 Å². The van der Waals surface area contributed by atoms with Gasteiger partial charge in [0.25, 0.3) is 0 Å². The van der Waals surface area contributed by atoms with E-state index in [0.29, 0.717) is 13.0 Å². The first kappa shape index (κ1) is 12.4. The number of rotatable bonds is 5. The van der Waals surface area contributed by atoms with Crippen LogP contribution < -0.4 is 10.6 Å². The third-order valence-electron chi connectivity index (χ3n) is 1.87. The van der Waals surface area contributed by atoms with E-state index in [4.69, 9.17) is 5.11 Å². The normalized spacial score (nSPS) is 11.8. The molecule has 7 heteroatoms. The predicted octanol–water partition coefficient (Wildman–Crippen LogP) is 0.458. The van der Waals surface area contributed by atoms with Gasteiger partial charge in [-0.15, -0.1) is 11.3 Å². The number of urea groups is 1. The highest BCUT2D eigenvalue weighted by Gasteiger charge is 2.12. The fraction of sp³-hybridized carbons (Fsp3) is 0.444. The molecule has 1 heterocycles. The molecular formula is C9H13N3O3S. The van der Waals surface area contributed by atoms with E-state index < -0.39 is 18.0 Å². The molecule has 88 valence electrons. The van der Waals surface area contributed by atoms with Crippen LogP contribution in [-0.4, -0.2) is 34.7 Å². The summed E-state index contributed by atoms with van der Waals surface area (Å²) in [5.41, 5.74) is 2.64. The Morgan fingerprint density at radius 1 is 1.62 bits per heavy atom. The Kier molecular flexibility index (Phi) is 4.71.